The van der Waals surface area contributed by atoms with Crippen molar-refractivity contribution in [2.45, 2.75) is 17.3 Å². The Morgan fingerprint density at radius 2 is 1.81 bits per heavy atom. The number of aromatic nitrogens is 1. The second-order valence-electron chi connectivity index (χ2n) is 6.98. The van der Waals surface area contributed by atoms with Crippen molar-refractivity contribution >= 4 is 57.4 Å². The van der Waals surface area contributed by atoms with Gasteiger partial charge in [0.15, 0.2) is 0 Å². The minimum Gasteiger partial charge on any atom is -0.307 e. The number of halogens is 1. The lowest BCUT2D eigenvalue weighted by molar-refractivity contribution is 0.257. The lowest BCUT2D eigenvalue weighted by Crippen LogP contribution is -2.24. The Labute approximate surface area is 191 Å². The Kier molecular flexibility index (Phi) is 5.45. The van der Waals surface area contributed by atoms with E-state index in [1.54, 1.807) is 22.8 Å². The molecular weight excluding hydrogens is 452 g/mol. The fraction of sp³-hybridized carbons (Fsp3) is 0.0909. The molecule has 2 aromatic carbocycles. The first-order valence-corrected chi connectivity index (χ1v) is 11.6. The summed E-state index contributed by atoms with van der Waals surface area (Å²) in [6.45, 7) is 1.38. The van der Waals surface area contributed by atoms with Gasteiger partial charge >= 0.3 is 6.03 Å². The molecule has 0 aliphatic carbocycles. The monoisotopic (exact) mass is 468 g/mol. The summed E-state index contributed by atoms with van der Waals surface area (Å²) in [6, 6.07) is 18.3. The fourth-order valence-corrected chi connectivity index (χ4v) is 5.58. The molecule has 0 unspecified atom stereocenters. The number of nitrogens with one attached hydrogen (secondary N) is 3. The molecule has 3 heterocycles. The fourth-order valence-electron chi connectivity index (χ4n) is 3.73. The molecule has 0 fully saturated rings. The van der Waals surface area contributed by atoms with Gasteiger partial charge in [-0.15, -0.1) is 11.3 Å². The first-order chi connectivity index (χ1) is 15.1. The van der Waals surface area contributed by atoms with Gasteiger partial charge in [0.1, 0.15) is 0 Å². The molecule has 0 saturated carbocycles. The maximum Gasteiger partial charge on any atom is 0.329 e. The van der Waals surface area contributed by atoms with Crippen molar-refractivity contribution in [2.24, 2.45) is 0 Å². The van der Waals surface area contributed by atoms with Crippen LogP contribution in [0.15, 0.2) is 69.7 Å². The highest BCUT2D eigenvalue weighted by molar-refractivity contribution is 7.99. The second-order valence-corrected chi connectivity index (χ2v) is 9.80. The third-order valence-electron chi connectivity index (χ3n) is 5.07. The summed E-state index contributed by atoms with van der Waals surface area (Å²) in [5.41, 5.74) is 3.50. The molecule has 0 saturated heterocycles. The molecule has 0 spiro atoms. The summed E-state index contributed by atoms with van der Waals surface area (Å²) in [5, 5.41) is 7.85. The number of thiophene rings is 1. The molecule has 1 aliphatic rings. The molecule has 5 rings (SSSR count). The standard InChI is InChI=1S/C22H17ClN4O2S2/c23-19-9-10-20(30-19)31-26-22(29)25-13-5-7-14(8-6-13)27-18-12-24-11-17(18)15-3-1-2-4-16(15)21(27)28/h1-10,24H,11-12H2,(H2,25,26,29). The molecule has 6 nitrogen and oxygen atoms in total. The molecule has 9 heteroatoms. The van der Waals surface area contributed by atoms with Gasteiger partial charge in [0.05, 0.1) is 8.55 Å². The summed E-state index contributed by atoms with van der Waals surface area (Å²) in [5.74, 6) is 0. The van der Waals surface area contributed by atoms with Crippen LogP contribution in [0.25, 0.3) is 16.5 Å². The van der Waals surface area contributed by atoms with Crippen molar-refractivity contribution in [3.63, 3.8) is 0 Å². The number of fused-ring (bicyclic) bond motifs is 3. The molecule has 2 aromatic heterocycles. The van der Waals surface area contributed by atoms with Crippen LogP contribution in [0.3, 0.4) is 0 Å². The van der Waals surface area contributed by atoms with Crippen LogP contribution in [0.1, 0.15) is 11.3 Å². The Morgan fingerprint density at radius 1 is 1.03 bits per heavy atom. The smallest absolute Gasteiger partial charge is 0.307 e. The highest BCUT2D eigenvalue weighted by Gasteiger charge is 2.21. The third-order valence-corrected chi connectivity index (χ3v) is 7.22. The number of benzene rings is 2. The van der Waals surface area contributed by atoms with E-state index in [-0.39, 0.29) is 11.6 Å². The van der Waals surface area contributed by atoms with Crippen molar-refractivity contribution in [2.75, 3.05) is 5.32 Å². The van der Waals surface area contributed by atoms with Crippen LogP contribution in [-0.2, 0) is 13.1 Å². The average Bonchev–Trinajstić information content (AvgIpc) is 3.43. The summed E-state index contributed by atoms with van der Waals surface area (Å²) < 4.78 is 6.06. The van der Waals surface area contributed by atoms with E-state index in [0.29, 0.717) is 22.0 Å². The van der Waals surface area contributed by atoms with Crippen LogP contribution in [-0.4, -0.2) is 10.6 Å². The number of urea groups is 1. The molecule has 0 atom stereocenters. The number of amides is 2. The second kappa shape index (κ2) is 8.39. The minimum absolute atomic E-state index is 0.0393. The van der Waals surface area contributed by atoms with E-state index in [1.807, 2.05) is 42.5 Å². The number of pyridine rings is 1. The number of rotatable bonds is 4. The van der Waals surface area contributed by atoms with Gasteiger partial charge in [-0.05, 0) is 65.4 Å². The molecule has 1 aliphatic heterocycles. The van der Waals surface area contributed by atoms with Crippen LogP contribution in [0.5, 0.6) is 0 Å². The molecule has 156 valence electrons. The van der Waals surface area contributed by atoms with Gasteiger partial charge in [-0.3, -0.25) is 14.1 Å². The highest BCUT2D eigenvalue weighted by Crippen LogP contribution is 2.29. The van der Waals surface area contributed by atoms with Crippen molar-refractivity contribution in [1.29, 1.82) is 0 Å². The number of hydrogen-bond acceptors (Lipinski definition) is 5. The Hall–Kier alpha value is -2.78. The number of hydrogen-bond donors (Lipinski definition) is 3. The predicted molar refractivity (Wildman–Crippen MR) is 127 cm³/mol. The Balaban J connectivity index is 1.38. The zero-order valence-electron chi connectivity index (χ0n) is 16.1. The SMILES string of the molecule is O=C(NSc1ccc(Cl)s1)Nc1ccc(-n2c3c(c4ccccc4c2=O)CNC3)cc1. The summed E-state index contributed by atoms with van der Waals surface area (Å²) in [7, 11) is 0. The number of carbonyl (C=O) groups is 1. The summed E-state index contributed by atoms with van der Waals surface area (Å²) >= 11 is 8.50. The lowest BCUT2D eigenvalue weighted by Gasteiger charge is -2.15. The first kappa shape index (κ1) is 20.1. The molecule has 0 radical (unpaired) electrons. The topological polar surface area (TPSA) is 75.2 Å². The van der Waals surface area contributed by atoms with Gasteiger partial charge < -0.3 is 10.6 Å². The average molecular weight is 469 g/mol. The third kappa shape index (κ3) is 3.95. The minimum atomic E-state index is -0.338. The predicted octanol–water partition coefficient (Wildman–Crippen LogP) is 5.14. The van der Waals surface area contributed by atoms with Crippen molar-refractivity contribution in [3.05, 3.63) is 86.6 Å². The molecule has 2 amide bonds. The Morgan fingerprint density at radius 3 is 2.55 bits per heavy atom. The summed E-state index contributed by atoms with van der Waals surface area (Å²) in [6.07, 6.45) is 0. The van der Waals surface area contributed by atoms with Gasteiger partial charge in [0.25, 0.3) is 5.56 Å². The number of carbonyl (C=O) groups excluding carboxylic acids is 1. The lowest BCUT2D eigenvalue weighted by atomic mass is 10.0. The van der Waals surface area contributed by atoms with Crippen molar-refractivity contribution < 1.29 is 4.79 Å². The van der Waals surface area contributed by atoms with E-state index >= 15 is 0 Å². The van der Waals surface area contributed by atoms with Crippen LogP contribution < -0.4 is 20.9 Å². The largest absolute Gasteiger partial charge is 0.329 e. The quantitative estimate of drug-likeness (QED) is 0.362. The molecule has 3 N–H and O–H groups in total. The van der Waals surface area contributed by atoms with E-state index in [2.05, 4.69) is 15.4 Å². The maximum atomic E-state index is 13.2. The van der Waals surface area contributed by atoms with Crippen LogP contribution in [0.2, 0.25) is 4.34 Å². The number of nitrogens with zero attached hydrogens (tertiary/aromatic N) is 1. The molecule has 0 bridgehead atoms. The van der Waals surface area contributed by atoms with E-state index in [4.69, 9.17) is 11.6 Å². The van der Waals surface area contributed by atoms with E-state index in [0.717, 1.165) is 33.1 Å². The zero-order valence-corrected chi connectivity index (χ0v) is 18.5. The van der Waals surface area contributed by atoms with E-state index < -0.39 is 0 Å². The summed E-state index contributed by atoms with van der Waals surface area (Å²) in [4.78, 5) is 25.4. The van der Waals surface area contributed by atoms with Crippen LogP contribution in [0.4, 0.5) is 10.5 Å². The highest BCUT2D eigenvalue weighted by atomic mass is 35.5. The van der Waals surface area contributed by atoms with Gasteiger partial charge in [-0.2, -0.15) is 0 Å². The van der Waals surface area contributed by atoms with Crippen LogP contribution >= 0.6 is 34.9 Å². The van der Waals surface area contributed by atoms with E-state index in [1.165, 1.54) is 23.3 Å². The van der Waals surface area contributed by atoms with Crippen molar-refractivity contribution in [3.8, 4) is 5.69 Å². The van der Waals surface area contributed by atoms with Gasteiger partial charge in [0, 0.05) is 35.5 Å². The van der Waals surface area contributed by atoms with Gasteiger partial charge in [0.2, 0.25) is 0 Å². The van der Waals surface area contributed by atoms with E-state index in [9.17, 15) is 9.59 Å². The van der Waals surface area contributed by atoms with Crippen LogP contribution in [0, 0.1) is 0 Å². The molecule has 31 heavy (non-hydrogen) atoms. The Bertz CT molecular complexity index is 1350. The van der Waals surface area contributed by atoms with Gasteiger partial charge in [-0.25, -0.2) is 4.79 Å². The number of anilines is 1. The molecular formula is C22H17ClN4O2S2. The van der Waals surface area contributed by atoms with Crippen molar-refractivity contribution in [1.82, 2.24) is 14.6 Å². The first-order valence-electron chi connectivity index (χ1n) is 9.56. The van der Waals surface area contributed by atoms with Gasteiger partial charge in [-0.1, -0.05) is 29.8 Å². The molecule has 4 aromatic rings. The maximum absolute atomic E-state index is 13.2. The normalized spacial score (nSPS) is 12.7. The zero-order chi connectivity index (χ0) is 21.4.